The Bertz CT molecular complexity index is 1920. The van der Waals surface area contributed by atoms with E-state index in [1.807, 2.05) is 55.6 Å². The van der Waals surface area contributed by atoms with Crippen LogP contribution in [0.1, 0.15) is 39.7 Å². The second kappa shape index (κ2) is 9.20. The SMILES string of the molecule is COc1cc(C2/C(=C(\O)c3nc4c(C)cccn4c3C)C(=O)C(=O)N2c2nc3c(C)cc(C)cc3s2)ccc1O. The number of fused-ring (bicyclic) bond motifs is 2. The van der Waals surface area contributed by atoms with E-state index in [2.05, 4.69) is 4.98 Å². The van der Waals surface area contributed by atoms with Crippen molar-refractivity contribution in [3.63, 3.8) is 0 Å². The highest BCUT2D eigenvalue weighted by molar-refractivity contribution is 7.22. The molecule has 9 nitrogen and oxygen atoms in total. The maximum Gasteiger partial charge on any atom is 0.301 e. The summed E-state index contributed by atoms with van der Waals surface area (Å²) in [6.45, 7) is 7.63. The monoisotopic (exact) mass is 554 g/mol. The molecule has 1 fully saturated rings. The number of phenolic OH excluding ortho intramolecular Hbond substituents is 1. The van der Waals surface area contributed by atoms with E-state index >= 15 is 0 Å². The first kappa shape index (κ1) is 25.6. The largest absolute Gasteiger partial charge is 0.505 e. The second-order valence-corrected chi connectivity index (χ2v) is 11.0. The van der Waals surface area contributed by atoms with Gasteiger partial charge in [0, 0.05) is 6.20 Å². The van der Waals surface area contributed by atoms with Crippen LogP contribution in [0.4, 0.5) is 5.13 Å². The summed E-state index contributed by atoms with van der Waals surface area (Å²) in [5.74, 6) is -1.98. The number of ketones is 1. The van der Waals surface area contributed by atoms with Crippen LogP contribution in [0.3, 0.4) is 0 Å². The number of ether oxygens (including phenoxy) is 1. The number of nitrogens with zero attached hydrogens (tertiary/aromatic N) is 4. The highest BCUT2D eigenvalue weighted by Crippen LogP contribution is 2.46. The fourth-order valence-electron chi connectivity index (χ4n) is 5.35. The number of phenols is 1. The molecule has 5 aromatic rings. The first-order chi connectivity index (χ1) is 19.1. The van der Waals surface area contributed by atoms with Crippen LogP contribution < -0.4 is 9.64 Å². The minimum atomic E-state index is -1.04. The Balaban J connectivity index is 1.62. The van der Waals surface area contributed by atoms with Gasteiger partial charge in [-0.2, -0.15) is 0 Å². The van der Waals surface area contributed by atoms with Crippen LogP contribution in [0.5, 0.6) is 11.5 Å². The Morgan fingerprint density at radius 2 is 1.80 bits per heavy atom. The highest BCUT2D eigenvalue weighted by atomic mass is 32.1. The van der Waals surface area contributed by atoms with Crippen LogP contribution in [-0.4, -0.2) is 43.4 Å². The number of methoxy groups -OCH3 is 1. The normalized spacial score (nSPS) is 16.9. The van der Waals surface area contributed by atoms with Gasteiger partial charge in [-0.3, -0.25) is 14.5 Å². The molecule has 1 saturated heterocycles. The number of carbonyl (C=O) groups is 2. The smallest absolute Gasteiger partial charge is 0.301 e. The Labute approximate surface area is 233 Å². The summed E-state index contributed by atoms with van der Waals surface area (Å²) >= 11 is 1.30. The fourth-order valence-corrected chi connectivity index (χ4v) is 6.51. The van der Waals surface area contributed by atoms with Gasteiger partial charge in [-0.25, -0.2) is 9.97 Å². The number of amides is 1. The number of benzene rings is 2. The third-order valence-corrected chi connectivity index (χ3v) is 8.30. The molecule has 0 radical (unpaired) electrons. The number of hydrogen-bond donors (Lipinski definition) is 2. The Morgan fingerprint density at radius 1 is 1.02 bits per heavy atom. The van der Waals surface area contributed by atoms with Gasteiger partial charge in [-0.05, 0) is 74.2 Å². The number of aromatic hydroxyl groups is 1. The van der Waals surface area contributed by atoms with Gasteiger partial charge in [-0.15, -0.1) is 0 Å². The molecule has 2 N–H and O–H groups in total. The van der Waals surface area contributed by atoms with Crippen LogP contribution >= 0.6 is 11.3 Å². The maximum atomic E-state index is 13.7. The molecule has 3 aromatic heterocycles. The lowest BCUT2D eigenvalue weighted by Gasteiger charge is -2.23. The van der Waals surface area contributed by atoms with Crippen molar-refractivity contribution in [2.45, 2.75) is 33.7 Å². The van der Waals surface area contributed by atoms with Crippen molar-refractivity contribution in [1.29, 1.82) is 0 Å². The molecule has 1 amide bonds. The number of anilines is 1. The number of pyridine rings is 1. The molecule has 10 heteroatoms. The van der Waals surface area contributed by atoms with E-state index < -0.39 is 17.7 Å². The molecule has 0 aliphatic carbocycles. The Kier molecular flexibility index (Phi) is 5.88. The number of carbonyl (C=O) groups excluding carboxylic acids is 2. The number of aromatic nitrogens is 3. The molecular formula is C30H26N4O5S. The van der Waals surface area contributed by atoms with Gasteiger partial charge in [0.2, 0.25) is 0 Å². The Hall–Kier alpha value is -4.70. The van der Waals surface area contributed by atoms with E-state index in [0.717, 1.165) is 26.9 Å². The summed E-state index contributed by atoms with van der Waals surface area (Å²) in [5, 5.41) is 22.3. The van der Waals surface area contributed by atoms with Crippen LogP contribution in [0, 0.1) is 27.7 Å². The quantitative estimate of drug-likeness (QED) is 0.171. The molecule has 6 rings (SSSR count). The first-order valence-corrected chi connectivity index (χ1v) is 13.4. The zero-order valence-corrected chi connectivity index (χ0v) is 23.3. The van der Waals surface area contributed by atoms with Crippen LogP contribution in [0.2, 0.25) is 0 Å². The predicted molar refractivity (Wildman–Crippen MR) is 153 cm³/mol. The van der Waals surface area contributed by atoms with Gasteiger partial charge in [-0.1, -0.05) is 29.5 Å². The predicted octanol–water partition coefficient (Wildman–Crippen LogP) is 5.52. The molecule has 1 aliphatic heterocycles. The second-order valence-electron chi connectivity index (χ2n) is 9.96. The van der Waals surface area contributed by atoms with Crippen LogP contribution in [0.25, 0.3) is 21.6 Å². The molecule has 1 atom stereocenters. The van der Waals surface area contributed by atoms with Crippen molar-refractivity contribution in [2.75, 3.05) is 12.0 Å². The summed E-state index contributed by atoms with van der Waals surface area (Å²) in [5.41, 5.74) is 5.44. The standard InChI is InChI=1S/C30H26N4O5S/c1-14-11-16(3)23-21(12-14)40-30(32-23)34-25(18-8-9-19(35)20(13-18)39-5)22(27(37)29(34)38)26(36)24-17(4)33-10-6-7-15(2)28(33)31-24/h6-13,25,35-36H,1-5H3/b26-22+. The zero-order chi connectivity index (χ0) is 28.5. The van der Waals surface area contributed by atoms with E-state index in [-0.39, 0.29) is 28.5 Å². The number of aryl methyl sites for hydroxylation is 4. The van der Waals surface area contributed by atoms with Crippen molar-refractivity contribution in [3.05, 3.63) is 87.9 Å². The molecule has 1 aliphatic rings. The van der Waals surface area contributed by atoms with Crippen LogP contribution in [-0.2, 0) is 9.59 Å². The molecule has 0 saturated carbocycles. The van der Waals surface area contributed by atoms with Gasteiger partial charge >= 0.3 is 5.91 Å². The number of rotatable bonds is 4. The van der Waals surface area contributed by atoms with Gasteiger partial charge in [0.1, 0.15) is 11.3 Å². The number of aliphatic hydroxyl groups is 1. The molecule has 4 heterocycles. The van der Waals surface area contributed by atoms with Gasteiger partial charge in [0.25, 0.3) is 5.78 Å². The average Bonchev–Trinajstić information content (AvgIpc) is 3.57. The lowest BCUT2D eigenvalue weighted by molar-refractivity contribution is -0.132. The molecule has 2 aromatic carbocycles. The van der Waals surface area contributed by atoms with E-state index in [1.165, 1.54) is 29.4 Å². The van der Waals surface area contributed by atoms with Crippen molar-refractivity contribution in [3.8, 4) is 11.5 Å². The average molecular weight is 555 g/mol. The van der Waals surface area contributed by atoms with Crippen LogP contribution in [0.15, 0.2) is 54.2 Å². The zero-order valence-electron chi connectivity index (χ0n) is 22.5. The minimum absolute atomic E-state index is 0.0963. The first-order valence-electron chi connectivity index (χ1n) is 12.6. The number of aliphatic hydroxyl groups excluding tert-OH is 1. The summed E-state index contributed by atoms with van der Waals surface area (Å²) in [7, 11) is 1.41. The van der Waals surface area contributed by atoms with Crippen molar-refractivity contribution in [1.82, 2.24) is 14.4 Å². The number of imidazole rings is 1. The van der Waals surface area contributed by atoms with Gasteiger partial charge in [0.15, 0.2) is 22.4 Å². The van der Waals surface area contributed by atoms with E-state index in [4.69, 9.17) is 9.72 Å². The molecule has 0 spiro atoms. The molecule has 202 valence electrons. The summed E-state index contributed by atoms with van der Waals surface area (Å²) < 4.78 is 8.03. The van der Waals surface area contributed by atoms with Crippen molar-refractivity contribution < 1.29 is 24.5 Å². The van der Waals surface area contributed by atoms with Crippen molar-refractivity contribution in [2.24, 2.45) is 0 Å². The number of thiazole rings is 1. The minimum Gasteiger partial charge on any atom is -0.505 e. The molecule has 40 heavy (non-hydrogen) atoms. The van der Waals surface area contributed by atoms with E-state index in [0.29, 0.717) is 22.0 Å². The lowest BCUT2D eigenvalue weighted by Crippen LogP contribution is -2.29. The third-order valence-electron chi connectivity index (χ3n) is 7.30. The summed E-state index contributed by atoms with van der Waals surface area (Å²) in [4.78, 5) is 38.1. The molecule has 1 unspecified atom stereocenters. The Morgan fingerprint density at radius 3 is 2.52 bits per heavy atom. The molecule has 0 bridgehead atoms. The van der Waals surface area contributed by atoms with Gasteiger partial charge in [0.05, 0.1) is 34.6 Å². The fraction of sp³-hybridized carbons (Fsp3) is 0.200. The third kappa shape index (κ3) is 3.75. The summed E-state index contributed by atoms with van der Waals surface area (Å²) in [6, 6.07) is 11.3. The van der Waals surface area contributed by atoms with Crippen molar-refractivity contribution >= 4 is 49.8 Å². The van der Waals surface area contributed by atoms with E-state index in [1.54, 1.807) is 19.1 Å². The highest BCUT2D eigenvalue weighted by Gasteiger charge is 2.49. The molecular weight excluding hydrogens is 528 g/mol. The number of Topliss-reactive ketones (excluding diaryl/α,β-unsaturated/α-hetero) is 1. The number of hydrogen-bond acceptors (Lipinski definition) is 8. The topological polar surface area (TPSA) is 117 Å². The van der Waals surface area contributed by atoms with Gasteiger partial charge < -0.3 is 19.4 Å². The van der Waals surface area contributed by atoms with E-state index in [9.17, 15) is 19.8 Å². The summed E-state index contributed by atoms with van der Waals surface area (Å²) in [6.07, 6.45) is 1.83. The lowest BCUT2D eigenvalue weighted by atomic mass is 9.96. The maximum absolute atomic E-state index is 13.7.